The maximum Gasteiger partial charge on any atom is 0.420 e. The van der Waals surface area contributed by atoms with Crippen molar-refractivity contribution in [2.45, 2.75) is 62.7 Å². The number of amides is 1. The quantitative estimate of drug-likeness (QED) is 0.155. The maximum absolute atomic E-state index is 14.5. The Morgan fingerprint density at radius 1 is 1.00 bits per heavy atom. The van der Waals surface area contributed by atoms with Gasteiger partial charge in [0.25, 0.3) is 5.91 Å². The molecule has 1 amide bonds. The summed E-state index contributed by atoms with van der Waals surface area (Å²) in [6, 6.07) is 9.49. The lowest BCUT2D eigenvalue weighted by Gasteiger charge is -2.28. The smallest absolute Gasteiger partial charge is 0.420 e. The number of benzene rings is 3. The number of rotatable bonds is 12. The number of halogens is 4. The van der Waals surface area contributed by atoms with Crippen molar-refractivity contribution in [3.8, 4) is 17.2 Å². The normalized spacial score (nSPS) is 13.8. The molecule has 10 nitrogen and oxygen atoms in total. The number of nitrogens with zero attached hydrogens (tertiary/aromatic N) is 1. The fraction of sp³-hybridized carbons (Fsp3) is 0.412. The van der Waals surface area contributed by atoms with Crippen LogP contribution in [-0.2, 0) is 36.8 Å². The molecule has 1 heterocycles. The van der Waals surface area contributed by atoms with E-state index in [1.807, 2.05) is 0 Å². The summed E-state index contributed by atoms with van der Waals surface area (Å²) in [5.41, 5.74) is -0.727. The SMILES string of the molecule is COc1cc(NC(C(=O)N2CCc3cc(OC)c(C(F)(F)F)cc32)c2ccc(Cl)cc2OCCCC(=O)OC(C)(C)C)cc(S(C)(=O)=O)c1. The topological polar surface area (TPSA) is 120 Å². The van der Waals surface area contributed by atoms with Crippen LogP contribution < -0.4 is 24.4 Å². The first-order valence-corrected chi connectivity index (χ1v) is 17.5. The minimum atomic E-state index is -4.76. The van der Waals surface area contributed by atoms with Gasteiger partial charge in [-0.25, -0.2) is 8.42 Å². The first kappa shape index (κ1) is 37.6. The van der Waals surface area contributed by atoms with Crippen molar-refractivity contribution >= 4 is 44.7 Å². The Bertz CT molecular complexity index is 1830. The van der Waals surface area contributed by atoms with Gasteiger partial charge < -0.3 is 29.2 Å². The van der Waals surface area contributed by atoms with Crippen LogP contribution in [0.4, 0.5) is 24.5 Å². The fourth-order valence-corrected chi connectivity index (χ4v) is 6.11. The second-order valence-corrected chi connectivity index (χ2v) is 14.8. The Morgan fingerprint density at radius 3 is 2.33 bits per heavy atom. The van der Waals surface area contributed by atoms with Crippen LogP contribution in [0.15, 0.2) is 53.4 Å². The molecule has 0 aromatic heterocycles. The molecule has 1 atom stereocenters. The van der Waals surface area contributed by atoms with Gasteiger partial charge in [0.05, 0.1) is 31.3 Å². The number of esters is 1. The number of carbonyl (C=O) groups is 2. The monoisotopic (exact) mass is 726 g/mol. The van der Waals surface area contributed by atoms with Crippen LogP contribution in [0.2, 0.25) is 5.02 Å². The number of nitrogens with one attached hydrogen (secondary N) is 1. The number of alkyl halides is 3. The zero-order valence-corrected chi connectivity index (χ0v) is 29.4. The molecule has 4 rings (SSSR count). The van der Waals surface area contributed by atoms with Crippen LogP contribution in [0.25, 0.3) is 0 Å². The molecule has 0 fully saturated rings. The van der Waals surface area contributed by atoms with Crippen molar-refractivity contribution < 1.29 is 50.1 Å². The molecule has 0 saturated carbocycles. The number of ether oxygens (including phenoxy) is 4. The van der Waals surface area contributed by atoms with Crippen molar-refractivity contribution in [1.82, 2.24) is 0 Å². The molecular formula is C34H38ClF3N2O8S. The highest BCUT2D eigenvalue weighted by Crippen LogP contribution is 2.44. The number of methoxy groups -OCH3 is 2. The van der Waals surface area contributed by atoms with Crippen molar-refractivity contribution in [1.29, 1.82) is 0 Å². The summed E-state index contributed by atoms with van der Waals surface area (Å²) >= 11 is 6.32. The van der Waals surface area contributed by atoms with Gasteiger partial charge in [0.1, 0.15) is 28.9 Å². The second-order valence-electron chi connectivity index (χ2n) is 12.4. The van der Waals surface area contributed by atoms with E-state index >= 15 is 0 Å². The molecule has 0 bridgehead atoms. The van der Waals surface area contributed by atoms with Crippen LogP contribution in [0.1, 0.15) is 56.3 Å². The van der Waals surface area contributed by atoms with Gasteiger partial charge in [-0.15, -0.1) is 0 Å². The zero-order valence-electron chi connectivity index (χ0n) is 27.9. The Hall–Kier alpha value is -4.17. The summed E-state index contributed by atoms with van der Waals surface area (Å²) in [7, 11) is -1.23. The van der Waals surface area contributed by atoms with Crippen molar-refractivity contribution in [2.24, 2.45) is 0 Å². The van der Waals surface area contributed by atoms with E-state index in [1.54, 1.807) is 20.8 Å². The van der Waals surface area contributed by atoms with Crippen molar-refractivity contribution in [2.75, 3.05) is 43.8 Å². The average Bonchev–Trinajstić information content (AvgIpc) is 3.42. The molecule has 1 unspecified atom stereocenters. The van der Waals surface area contributed by atoms with E-state index < -0.39 is 45.1 Å². The molecule has 1 N–H and O–H groups in total. The Labute approximate surface area is 288 Å². The predicted octanol–water partition coefficient (Wildman–Crippen LogP) is 7.02. The van der Waals surface area contributed by atoms with E-state index in [2.05, 4.69) is 5.32 Å². The van der Waals surface area contributed by atoms with Crippen LogP contribution in [-0.4, -0.2) is 59.5 Å². The Kier molecular flexibility index (Phi) is 11.3. The minimum Gasteiger partial charge on any atom is -0.497 e. The first-order valence-electron chi connectivity index (χ1n) is 15.2. The van der Waals surface area contributed by atoms with E-state index in [9.17, 15) is 31.2 Å². The Balaban J connectivity index is 1.77. The van der Waals surface area contributed by atoms with Crippen LogP contribution in [0.3, 0.4) is 0 Å². The van der Waals surface area contributed by atoms with E-state index in [0.29, 0.717) is 5.56 Å². The van der Waals surface area contributed by atoms with E-state index in [1.165, 1.54) is 54.5 Å². The lowest BCUT2D eigenvalue weighted by molar-refractivity contribution is -0.155. The van der Waals surface area contributed by atoms with Gasteiger partial charge in [-0.3, -0.25) is 9.59 Å². The largest absolute Gasteiger partial charge is 0.497 e. The number of hydrogen-bond acceptors (Lipinski definition) is 9. The highest BCUT2D eigenvalue weighted by Gasteiger charge is 2.39. The molecule has 49 heavy (non-hydrogen) atoms. The lowest BCUT2D eigenvalue weighted by Crippen LogP contribution is -2.37. The molecule has 266 valence electrons. The molecule has 3 aromatic carbocycles. The third-order valence-corrected chi connectivity index (χ3v) is 8.79. The van der Waals surface area contributed by atoms with Crippen LogP contribution in [0, 0.1) is 0 Å². The molecule has 15 heteroatoms. The van der Waals surface area contributed by atoms with E-state index in [0.717, 1.165) is 19.4 Å². The van der Waals surface area contributed by atoms with Gasteiger partial charge in [0.2, 0.25) is 0 Å². The van der Waals surface area contributed by atoms with Crippen molar-refractivity contribution in [3.63, 3.8) is 0 Å². The number of fused-ring (bicyclic) bond motifs is 1. The molecule has 0 spiro atoms. The molecule has 1 aliphatic rings. The number of sulfone groups is 1. The molecule has 0 saturated heterocycles. The number of anilines is 2. The highest BCUT2D eigenvalue weighted by molar-refractivity contribution is 7.90. The van der Waals surface area contributed by atoms with E-state index in [4.69, 9.17) is 30.5 Å². The minimum absolute atomic E-state index is 0.0339. The Morgan fingerprint density at radius 2 is 1.71 bits per heavy atom. The summed E-state index contributed by atoms with van der Waals surface area (Å²) in [5.74, 6) is -1.08. The second kappa shape index (κ2) is 14.8. The van der Waals surface area contributed by atoms with E-state index in [-0.39, 0.29) is 76.5 Å². The first-order chi connectivity index (χ1) is 22.8. The average molecular weight is 727 g/mol. The summed E-state index contributed by atoms with van der Waals surface area (Å²) in [4.78, 5) is 27.9. The van der Waals surface area contributed by atoms with Gasteiger partial charge in [-0.1, -0.05) is 17.7 Å². The van der Waals surface area contributed by atoms with Gasteiger partial charge >= 0.3 is 12.1 Å². The molecule has 1 aliphatic heterocycles. The third kappa shape index (κ3) is 9.50. The van der Waals surface area contributed by atoms with Gasteiger partial charge in [-0.2, -0.15) is 13.2 Å². The van der Waals surface area contributed by atoms with Gasteiger partial charge in [0.15, 0.2) is 9.84 Å². The standard InChI is InChI=1S/C34H38ClF3N2O8S/c1-33(2,3)48-30(41)8-7-13-47-28-15-21(35)9-10-25(28)31(39-22-16-23(45-4)18-24(17-22)49(6,43)44)32(42)40-12-11-20-14-29(46-5)26(19-27(20)40)34(36,37)38/h9-10,14-19,31,39H,7-8,11-13H2,1-6H3. The van der Waals surface area contributed by atoms with Gasteiger partial charge in [0, 0.05) is 47.2 Å². The predicted molar refractivity (Wildman–Crippen MR) is 179 cm³/mol. The highest BCUT2D eigenvalue weighted by atomic mass is 35.5. The van der Waals surface area contributed by atoms with Crippen LogP contribution >= 0.6 is 11.6 Å². The molecule has 0 aliphatic carbocycles. The van der Waals surface area contributed by atoms with Crippen molar-refractivity contribution in [3.05, 3.63) is 70.2 Å². The fourth-order valence-electron chi connectivity index (χ4n) is 5.28. The third-order valence-electron chi connectivity index (χ3n) is 7.46. The summed E-state index contributed by atoms with van der Waals surface area (Å²) in [5, 5.41) is 3.34. The molecule has 3 aromatic rings. The maximum atomic E-state index is 14.5. The van der Waals surface area contributed by atoms with Gasteiger partial charge in [-0.05, 0) is 75.6 Å². The number of carbonyl (C=O) groups excluding carboxylic acids is 2. The molecule has 0 radical (unpaired) electrons. The zero-order chi connectivity index (χ0) is 36.3. The summed E-state index contributed by atoms with van der Waals surface area (Å²) in [6.07, 6.45) is -3.16. The summed E-state index contributed by atoms with van der Waals surface area (Å²) in [6.45, 7) is 5.36. The lowest BCUT2D eigenvalue weighted by atomic mass is 10.0. The molecular weight excluding hydrogens is 689 g/mol. The number of hydrogen-bond donors (Lipinski definition) is 1. The van der Waals surface area contributed by atoms with Crippen LogP contribution in [0.5, 0.6) is 17.2 Å². The summed E-state index contributed by atoms with van der Waals surface area (Å²) < 4.78 is 88.7.